The number of nitrogens with zero attached hydrogens (tertiary/aromatic N) is 2. The quantitative estimate of drug-likeness (QED) is 0.684. The molecule has 2 fully saturated rings. The highest BCUT2D eigenvalue weighted by Crippen LogP contribution is 2.28. The molecule has 2 saturated heterocycles. The molecule has 2 heterocycles. The number of piperidine rings is 2. The van der Waals surface area contributed by atoms with Crippen molar-refractivity contribution < 1.29 is 22.7 Å². The van der Waals surface area contributed by atoms with Crippen LogP contribution in [0.2, 0.25) is 0 Å². The number of methoxy groups -OCH3 is 2. The van der Waals surface area contributed by atoms with Crippen molar-refractivity contribution in [3.05, 3.63) is 23.8 Å². The maximum Gasteiger partial charge on any atom is 0.281 e. The molecule has 0 unspecified atom stereocenters. The maximum absolute atomic E-state index is 13.1. The fourth-order valence-corrected chi connectivity index (χ4v) is 6.52. The average molecular weight is 454 g/mol. The first-order valence-corrected chi connectivity index (χ1v) is 12.4. The van der Waals surface area contributed by atoms with Crippen LogP contribution in [0.4, 0.5) is 0 Å². The maximum atomic E-state index is 13.1. The van der Waals surface area contributed by atoms with Crippen LogP contribution in [-0.4, -0.2) is 63.3 Å². The fourth-order valence-electron chi connectivity index (χ4n) is 4.63. The van der Waals surface area contributed by atoms with Gasteiger partial charge in [-0.1, -0.05) is 13.8 Å². The molecule has 0 spiro atoms. The van der Waals surface area contributed by atoms with E-state index in [1.807, 2.05) is 12.1 Å². The predicted molar refractivity (Wildman–Crippen MR) is 119 cm³/mol. The first-order valence-electron chi connectivity index (χ1n) is 11.0. The molecule has 1 amide bonds. The van der Waals surface area contributed by atoms with Crippen molar-refractivity contribution in [2.45, 2.75) is 39.7 Å². The summed E-state index contributed by atoms with van der Waals surface area (Å²) in [4.78, 5) is 12.7. The molecule has 1 aromatic rings. The molecule has 8 nitrogen and oxygen atoms in total. The van der Waals surface area contributed by atoms with Gasteiger partial charge in [0.1, 0.15) is 11.5 Å². The van der Waals surface area contributed by atoms with Crippen molar-refractivity contribution in [3.63, 3.8) is 0 Å². The SMILES string of the molecule is COc1ccc(CNC(=O)C2CCN(S(=O)(=O)N3C[C@@H](C)C[C@H](C)C3)CC2)c(OC)c1. The van der Waals surface area contributed by atoms with Crippen LogP contribution in [0.3, 0.4) is 0 Å². The van der Waals surface area contributed by atoms with Gasteiger partial charge in [0.2, 0.25) is 5.91 Å². The summed E-state index contributed by atoms with van der Waals surface area (Å²) in [6, 6.07) is 5.48. The molecule has 0 bridgehead atoms. The van der Waals surface area contributed by atoms with Gasteiger partial charge in [-0.25, -0.2) is 0 Å². The topological polar surface area (TPSA) is 88.2 Å². The van der Waals surface area contributed by atoms with Crippen LogP contribution in [-0.2, 0) is 21.5 Å². The second-order valence-electron chi connectivity index (χ2n) is 8.84. The Kier molecular flexibility index (Phi) is 7.82. The number of amides is 1. The third-order valence-corrected chi connectivity index (χ3v) is 8.23. The Balaban J connectivity index is 1.53. The Labute approximate surface area is 186 Å². The van der Waals surface area contributed by atoms with E-state index in [-0.39, 0.29) is 11.8 Å². The van der Waals surface area contributed by atoms with Crippen LogP contribution in [0.1, 0.15) is 38.7 Å². The predicted octanol–water partition coefficient (Wildman–Crippen LogP) is 2.25. The molecule has 1 aromatic carbocycles. The standard InChI is InChI=1S/C22H35N3O5S/c1-16-11-17(2)15-25(14-16)31(27,28)24-9-7-18(8-10-24)22(26)23-13-19-5-6-20(29-3)12-21(19)30-4/h5-6,12,16-18H,7-11,13-15H2,1-4H3,(H,23,26)/t16-,17-/m0/s1. The van der Waals surface area contributed by atoms with Gasteiger partial charge < -0.3 is 14.8 Å². The van der Waals surface area contributed by atoms with Crippen molar-refractivity contribution >= 4 is 16.1 Å². The lowest BCUT2D eigenvalue weighted by molar-refractivity contribution is -0.126. The van der Waals surface area contributed by atoms with E-state index in [1.165, 1.54) is 0 Å². The summed E-state index contributed by atoms with van der Waals surface area (Å²) in [7, 11) is -0.288. The number of hydrogen-bond acceptors (Lipinski definition) is 5. The van der Waals surface area contributed by atoms with Crippen molar-refractivity contribution in [1.82, 2.24) is 13.9 Å². The van der Waals surface area contributed by atoms with Gasteiger partial charge in [0.25, 0.3) is 10.2 Å². The zero-order chi connectivity index (χ0) is 22.6. The zero-order valence-electron chi connectivity index (χ0n) is 19.0. The van der Waals surface area contributed by atoms with E-state index in [9.17, 15) is 13.2 Å². The number of rotatable bonds is 7. The Bertz CT molecular complexity index is 858. The minimum atomic E-state index is -3.46. The van der Waals surface area contributed by atoms with Crippen molar-refractivity contribution in [3.8, 4) is 11.5 Å². The third-order valence-electron chi connectivity index (χ3n) is 6.26. The molecular formula is C22H35N3O5S. The lowest BCUT2D eigenvalue weighted by atomic mass is 9.94. The first kappa shape index (κ1) is 23.8. The Morgan fingerprint density at radius 2 is 1.71 bits per heavy atom. The molecule has 0 saturated carbocycles. The minimum absolute atomic E-state index is 0.0462. The number of benzene rings is 1. The highest BCUT2D eigenvalue weighted by atomic mass is 32.2. The molecule has 0 aliphatic carbocycles. The van der Waals surface area contributed by atoms with Gasteiger partial charge in [0.15, 0.2) is 0 Å². The van der Waals surface area contributed by atoms with E-state index < -0.39 is 10.2 Å². The smallest absolute Gasteiger partial charge is 0.281 e. The summed E-state index contributed by atoms with van der Waals surface area (Å²) in [5.74, 6) is 1.86. The molecule has 2 atom stereocenters. The molecule has 0 radical (unpaired) electrons. The second kappa shape index (κ2) is 10.2. The van der Waals surface area contributed by atoms with Gasteiger partial charge >= 0.3 is 0 Å². The molecule has 2 aliphatic heterocycles. The van der Waals surface area contributed by atoms with E-state index in [0.717, 1.165) is 12.0 Å². The first-order chi connectivity index (χ1) is 14.7. The van der Waals surface area contributed by atoms with Crippen LogP contribution in [0.5, 0.6) is 11.5 Å². The van der Waals surface area contributed by atoms with Crippen LogP contribution in [0.25, 0.3) is 0 Å². The summed E-state index contributed by atoms with van der Waals surface area (Å²) in [5, 5.41) is 2.97. The van der Waals surface area contributed by atoms with Crippen LogP contribution in [0, 0.1) is 17.8 Å². The van der Waals surface area contributed by atoms with Gasteiger partial charge in [-0.3, -0.25) is 4.79 Å². The highest BCUT2D eigenvalue weighted by molar-refractivity contribution is 7.86. The largest absolute Gasteiger partial charge is 0.497 e. The molecular weight excluding hydrogens is 418 g/mol. The molecule has 9 heteroatoms. The number of hydrogen-bond donors (Lipinski definition) is 1. The van der Waals surface area contributed by atoms with Gasteiger partial charge in [-0.2, -0.15) is 17.0 Å². The van der Waals surface area contributed by atoms with Gasteiger partial charge in [0, 0.05) is 50.3 Å². The highest BCUT2D eigenvalue weighted by Gasteiger charge is 2.37. The van der Waals surface area contributed by atoms with Crippen LogP contribution < -0.4 is 14.8 Å². The van der Waals surface area contributed by atoms with E-state index in [0.29, 0.717) is 68.9 Å². The average Bonchev–Trinajstić information content (AvgIpc) is 2.76. The second-order valence-corrected chi connectivity index (χ2v) is 10.8. The van der Waals surface area contributed by atoms with Gasteiger partial charge in [-0.15, -0.1) is 0 Å². The molecule has 31 heavy (non-hydrogen) atoms. The Hall–Kier alpha value is -1.84. The van der Waals surface area contributed by atoms with Gasteiger partial charge in [-0.05, 0) is 43.2 Å². The zero-order valence-corrected chi connectivity index (χ0v) is 19.8. The Morgan fingerprint density at radius 3 is 2.29 bits per heavy atom. The summed E-state index contributed by atoms with van der Waals surface area (Å²) < 4.78 is 39.9. The van der Waals surface area contributed by atoms with E-state index in [1.54, 1.807) is 28.9 Å². The number of nitrogens with one attached hydrogen (secondary N) is 1. The number of carbonyl (C=O) groups excluding carboxylic acids is 1. The van der Waals surface area contributed by atoms with E-state index in [2.05, 4.69) is 19.2 Å². The summed E-state index contributed by atoms with van der Waals surface area (Å²) in [5.41, 5.74) is 0.866. The normalized spacial score (nSPS) is 24.0. The number of ether oxygens (including phenoxy) is 2. The Morgan fingerprint density at radius 1 is 1.06 bits per heavy atom. The fraction of sp³-hybridized carbons (Fsp3) is 0.682. The summed E-state index contributed by atoms with van der Waals surface area (Å²) in [6.45, 7) is 6.48. The molecule has 174 valence electrons. The molecule has 2 aliphatic rings. The van der Waals surface area contributed by atoms with E-state index >= 15 is 0 Å². The minimum Gasteiger partial charge on any atom is -0.497 e. The monoisotopic (exact) mass is 453 g/mol. The van der Waals surface area contributed by atoms with Crippen molar-refractivity contribution in [1.29, 1.82) is 0 Å². The van der Waals surface area contributed by atoms with Gasteiger partial charge in [0.05, 0.1) is 14.2 Å². The molecule has 3 rings (SSSR count). The molecule has 1 N–H and O–H groups in total. The van der Waals surface area contributed by atoms with Crippen LogP contribution in [0.15, 0.2) is 18.2 Å². The van der Waals surface area contributed by atoms with Crippen molar-refractivity contribution in [2.75, 3.05) is 40.4 Å². The third kappa shape index (κ3) is 5.70. The van der Waals surface area contributed by atoms with Crippen LogP contribution >= 0.6 is 0 Å². The lowest BCUT2D eigenvalue weighted by Gasteiger charge is -2.39. The lowest BCUT2D eigenvalue weighted by Crippen LogP contribution is -2.52. The summed E-state index contributed by atoms with van der Waals surface area (Å²) in [6.07, 6.45) is 2.13. The molecule has 0 aromatic heterocycles. The summed E-state index contributed by atoms with van der Waals surface area (Å²) >= 11 is 0. The van der Waals surface area contributed by atoms with Crippen molar-refractivity contribution in [2.24, 2.45) is 17.8 Å². The number of carbonyl (C=O) groups is 1. The van der Waals surface area contributed by atoms with E-state index in [4.69, 9.17) is 9.47 Å².